The summed E-state index contributed by atoms with van der Waals surface area (Å²) in [5.74, 6) is -0.931. The summed E-state index contributed by atoms with van der Waals surface area (Å²) in [6.07, 6.45) is 1.40. The highest BCUT2D eigenvalue weighted by Crippen LogP contribution is 2.29. The Morgan fingerprint density at radius 1 is 1.50 bits per heavy atom. The van der Waals surface area contributed by atoms with Crippen LogP contribution in [0.25, 0.3) is 0 Å². The van der Waals surface area contributed by atoms with Gasteiger partial charge in [0, 0.05) is 12.2 Å². The van der Waals surface area contributed by atoms with Gasteiger partial charge in [0.1, 0.15) is 4.88 Å². The molecule has 0 amide bonds. The predicted molar refractivity (Wildman–Crippen MR) is 72.9 cm³/mol. The Balaban J connectivity index is 2.35. The van der Waals surface area contributed by atoms with Gasteiger partial charge in [-0.25, -0.2) is 9.78 Å². The van der Waals surface area contributed by atoms with Crippen LogP contribution in [0.4, 0.5) is 10.8 Å². The number of aromatic nitrogens is 1. The standard InChI is InChI=1S/C13H14N2O2S/c1-3-15(10-6-4-5-9(2)7-10)13-14-8-11(18-13)12(16)17/h4-8H,3H2,1-2H3,(H,16,17). The van der Waals surface area contributed by atoms with Crippen molar-refractivity contribution in [3.8, 4) is 0 Å². The first-order chi connectivity index (χ1) is 8.61. The van der Waals surface area contributed by atoms with Crippen molar-refractivity contribution in [1.82, 2.24) is 4.98 Å². The lowest BCUT2D eigenvalue weighted by Gasteiger charge is -2.20. The normalized spacial score (nSPS) is 10.3. The van der Waals surface area contributed by atoms with Gasteiger partial charge in [0.05, 0.1) is 6.20 Å². The molecule has 0 saturated heterocycles. The van der Waals surface area contributed by atoms with Gasteiger partial charge < -0.3 is 10.0 Å². The Kier molecular flexibility index (Phi) is 3.62. The summed E-state index contributed by atoms with van der Waals surface area (Å²) in [6.45, 7) is 4.79. The number of benzene rings is 1. The van der Waals surface area contributed by atoms with Crippen molar-refractivity contribution in [3.63, 3.8) is 0 Å². The van der Waals surface area contributed by atoms with E-state index in [9.17, 15) is 4.79 Å². The fourth-order valence-electron chi connectivity index (χ4n) is 1.71. The van der Waals surface area contributed by atoms with Crippen molar-refractivity contribution in [2.75, 3.05) is 11.4 Å². The molecule has 2 rings (SSSR count). The van der Waals surface area contributed by atoms with E-state index < -0.39 is 5.97 Å². The quantitative estimate of drug-likeness (QED) is 0.918. The second-order valence-electron chi connectivity index (χ2n) is 3.90. The van der Waals surface area contributed by atoms with Gasteiger partial charge in [-0.1, -0.05) is 23.5 Å². The summed E-state index contributed by atoms with van der Waals surface area (Å²) >= 11 is 1.19. The monoisotopic (exact) mass is 262 g/mol. The Labute approximate surface area is 110 Å². The lowest BCUT2D eigenvalue weighted by Crippen LogP contribution is -2.15. The molecule has 4 nitrogen and oxygen atoms in total. The molecule has 0 aliphatic heterocycles. The number of anilines is 2. The van der Waals surface area contributed by atoms with Crippen LogP contribution < -0.4 is 4.90 Å². The van der Waals surface area contributed by atoms with E-state index in [0.717, 1.165) is 12.2 Å². The second kappa shape index (κ2) is 5.18. The number of carbonyl (C=O) groups is 1. The maximum atomic E-state index is 10.9. The summed E-state index contributed by atoms with van der Waals surface area (Å²) in [5.41, 5.74) is 2.20. The predicted octanol–water partition coefficient (Wildman–Crippen LogP) is 3.31. The number of carboxylic acids is 1. The molecule has 0 atom stereocenters. The zero-order chi connectivity index (χ0) is 13.1. The number of hydrogen-bond donors (Lipinski definition) is 1. The fraction of sp³-hybridized carbons (Fsp3) is 0.231. The lowest BCUT2D eigenvalue weighted by atomic mass is 10.2. The third kappa shape index (κ3) is 2.51. The molecule has 0 bridgehead atoms. The first kappa shape index (κ1) is 12.6. The Morgan fingerprint density at radius 2 is 2.28 bits per heavy atom. The minimum absolute atomic E-state index is 0.260. The molecule has 1 N–H and O–H groups in total. The van der Waals surface area contributed by atoms with Crippen LogP contribution in [0.2, 0.25) is 0 Å². The van der Waals surface area contributed by atoms with Crippen molar-refractivity contribution < 1.29 is 9.90 Å². The molecule has 94 valence electrons. The highest BCUT2D eigenvalue weighted by molar-refractivity contribution is 7.17. The Bertz CT molecular complexity index is 566. The molecular weight excluding hydrogens is 248 g/mol. The SMILES string of the molecule is CCN(c1cccc(C)c1)c1ncc(C(=O)O)s1. The van der Waals surface area contributed by atoms with Crippen LogP contribution in [0.3, 0.4) is 0 Å². The molecule has 0 unspecified atom stereocenters. The van der Waals surface area contributed by atoms with Gasteiger partial charge in [-0.2, -0.15) is 0 Å². The average molecular weight is 262 g/mol. The van der Waals surface area contributed by atoms with E-state index in [4.69, 9.17) is 5.11 Å². The molecule has 0 aliphatic carbocycles. The first-order valence-corrected chi connectivity index (χ1v) is 6.46. The number of hydrogen-bond acceptors (Lipinski definition) is 4. The molecule has 0 fully saturated rings. The maximum absolute atomic E-state index is 10.9. The molecule has 5 heteroatoms. The molecule has 1 aromatic carbocycles. The van der Waals surface area contributed by atoms with E-state index in [-0.39, 0.29) is 4.88 Å². The largest absolute Gasteiger partial charge is 0.477 e. The molecule has 1 heterocycles. The third-order valence-corrected chi connectivity index (χ3v) is 3.57. The van der Waals surface area contributed by atoms with Crippen molar-refractivity contribution >= 4 is 28.1 Å². The van der Waals surface area contributed by atoms with Crippen LogP contribution in [-0.4, -0.2) is 22.6 Å². The summed E-state index contributed by atoms with van der Waals surface area (Å²) < 4.78 is 0. The molecule has 0 spiro atoms. The average Bonchev–Trinajstić information content (AvgIpc) is 2.80. The van der Waals surface area contributed by atoms with Crippen molar-refractivity contribution in [2.45, 2.75) is 13.8 Å². The van der Waals surface area contributed by atoms with E-state index in [2.05, 4.69) is 11.1 Å². The highest BCUT2D eigenvalue weighted by Gasteiger charge is 2.14. The third-order valence-electron chi connectivity index (χ3n) is 2.56. The van der Waals surface area contributed by atoms with E-state index in [0.29, 0.717) is 5.13 Å². The van der Waals surface area contributed by atoms with Crippen molar-refractivity contribution in [2.24, 2.45) is 0 Å². The summed E-state index contributed by atoms with van der Waals surface area (Å²) in [5, 5.41) is 9.63. The van der Waals surface area contributed by atoms with Gasteiger partial charge in [-0.05, 0) is 31.5 Å². The van der Waals surface area contributed by atoms with Crippen LogP contribution in [0.15, 0.2) is 30.5 Å². The number of rotatable bonds is 4. The second-order valence-corrected chi connectivity index (χ2v) is 4.90. The molecule has 0 saturated carbocycles. The number of thiazole rings is 1. The first-order valence-electron chi connectivity index (χ1n) is 5.65. The van der Waals surface area contributed by atoms with Gasteiger partial charge in [-0.3, -0.25) is 0 Å². The van der Waals surface area contributed by atoms with Gasteiger partial charge in [0.2, 0.25) is 0 Å². The van der Waals surface area contributed by atoms with Crippen LogP contribution >= 0.6 is 11.3 Å². The molecule has 2 aromatic rings. The smallest absolute Gasteiger partial charge is 0.347 e. The molecule has 1 aromatic heterocycles. The zero-order valence-corrected chi connectivity index (χ0v) is 11.1. The van der Waals surface area contributed by atoms with Crippen LogP contribution in [0.1, 0.15) is 22.2 Å². The van der Waals surface area contributed by atoms with Crippen molar-refractivity contribution in [1.29, 1.82) is 0 Å². The Morgan fingerprint density at radius 3 is 2.83 bits per heavy atom. The number of nitrogens with zero attached hydrogens (tertiary/aromatic N) is 2. The van der Waals surface area contributed by atoms with Crippen LogP contribution in [-0.2, 0) is 0 Å². The van der Waals surface area contributed by atoms with E-state index in [1.807, 2.05) is 36.9 Å². The van der Waals surface area contributed by atoms with Crippen molar-refractivity contribution in [3.05, 3.63) is 40.9 Å². The minimum atomic E-state index is -0.931. The maximum Gasteiger partial charge on any atom is 0.347 e. The molecule has 0 radical (unpaired) electrons. The van der Waals surface area contributed by atoms with E-state index >= 15 is 0 Å². The molecule has 18 heavy (non-hydrogen) atoms. The Hall–Kier alpha value is -1.88. The van der Waals surface area contributed by atoms with Gasteiger partial charge in [0.25, 0.3) is 0 Å². The molecular formula is C13H14N2O2S. The summed E-state index contributed by atoms with van der Waals surface area (Å²) in [6, 6.07) is 8.07. The summed E-state index contributed by atoms with van der Waals surface area (Å²) in [7, 11) is 0. The number of aromatic carboxylic acids is 1. The lowest BCUT2D eigenvalue weighted by molar-refractivity contribution is 0.0702. The van der Waals surface area contributed by atoms with Gasteiger partial charge in [0.15, 0.2) is 5.13 Å². The minimum Gasteiger partial charge on any atom is -0.477 e. The van der Waals surface area contributed by atoms with Crippen LogP contribution in [0, 0.1) is 6.92 Å². The van der Waals surface area contributed by atoms with E-state index in [1.165, 1.54) is 23.1 Å². The molecule has 0 aliphatic rings. The van der Waals surface area contributed by atoms with Crippen LogP contribution in [0.5, 0.6) is 0 Å². The van der Waals surface area contributed by atoms with Gasteiger partial charge in [-0.15, -0.1) is 0 Å². The number of carboxylic acid groups (broad SMARTS) is 1. The fourth-order valence-corrected chi connectivity index (χ4v) is 2.55. The van der Waals surface area contributed by atoms with E-state index in [1.54, 1.807) is 0 Å². The van der Waals surface area contributed by atoms with Gasteiger partial charge >= 0.3 is 5.97 Å². The number of aryl methyl sites for hydroxylation is 1. The topological polar surface area (TPSA) is 53.4 Å². The highest BCUT2D eigenvalue weighted by atomic mass is 32.1. The summed E-state index contributed by atoms with van der Waals surface area (Å²) in [4.78, 5) is 17.3. The zero-order valence-electron chi connectivity index (χ0n) is 10.3.